The van der Waals surface area contributed by atoms with Crippen molar-refractivity contribution in [2.45, 2.75) is 180 Å². The van der Waals surface area contributed by atoms with Gasteiger partial charge < -0.3 is 28.8 Å². The lowest BCUT2D eigenvalue weighted by atomic mass is 10.0. The van der Waals surface area contributed by atoms with Crippen LogP contribution in [0, 0.1) is 0 Å². The summed E-state index contributed by atoms with van der Waals surface area (Å²) < 4.78 is 23.1. The molecule has 0 heterocycles. The SMILES string of the molecule is CCCCCCCCCCCCCCC(O)C(COP(=O)([O-])OCC[N+](C)(C)C)NC(=O)CCCCCCCCCCCC. The van der Waals surface area contributed by atoms with E-state index in [-0.39, 0.29) is 19.1 Å². The van der Waals surface area contributed by atoms with Gasteiger partial charge in [-0.05, 0) is 12.8 Å². The predicted molar refractivity (Wildman–Crippen MR) is 183 cm³/mol. The molecular formula is C35H73N2O6P. The summed E-state index contributed by atoms with van der Waals surface area (Å²) in [6.07, 6.45) is 26.7. The van der Waals surface area contributed by atoms with Crippen molar-refractivity contribution in [3.05, 3.63) is 0 Å². The Balaban J connectivity index is 4.49. The molecule has 0 aromatic heterocycles. The molecule has 0 spiro atoms. The number of phosphoric ester groups is 1. The molecule has 0 aliphatic heterocycles. The maximum Gasteiger partial charge on any atom is 0.268 e. The van der Waals surface area contributed by atoms with Crippen molar-refractivity contribution in [3.63, 3.8) is 0 Å². The number of carbonyl (C=O) groups excluding carboxylic acids is 1. The fraction of sp³-hybridized carbons (Fsp3) is 0.971. The maximum atomic E-state index is 12.7. The molecule has 0 aliphatic carbocycles. The summed E-state index contributed by atoms with van der Waals surface area (Å²) in [5.74, 6) is -0.168. The maximum absolute atomic E-state index is 12.7. The molecule has 0 aliphatic rings. The first kappa shape index (κ1) is 43.5. The van der Waals surface area contributed by atoms with Gasteiger partial charge in [-0.25, -0.2) is 0 Å². The van der Waals surface area contributed by atoms with Crippen LogP contribution in [0.1, 0.15) is 168 Å². The Kier molecular flexibility index (Phi) is 28.4. The molecule has 44 heavy (non-hydrogen) atoms. The van der Waals surface area contributed by atoms with E-state index >= 15 is 0 Å². The van der Waals surface area contributed by atoms with Crippen LogP contribution in [-0.2, 0) is 18.4 Å². The number of quaternary nitrogens is 1. The smallest absolute Gasteiger partial charge is 0.268 e. The van der Waals surface area contributed by atoms with Crippen LogP contribution in [-0.4, -0.2) is 68.5 Å². The lowest BCUT2D eigenvalue weighted by molar-refractivity contribution is -0.870. The second kappa shape index (κ2) is 28.7. The molecule has 9 heteroatoms. The van der Waals surface area contributed by atoms with Gasteiger partial charge in [0.2, 0.25) is 5.91 Å². The number of nitrogens with one attached hydrogen (secondary N) is 1. The number of hydrogen-bond acceptors (Lipinski definition) is 6. The zero-order valence-corrected chi connectivity index (χ0v) is 30.5. The van der Waals surface area contributed by atoms with Gasteiger partial charge in [0.05, 0.1) is 39.9 Å². The monoisotopic (exact) mass is 649 g/mol. The van der Waals surface area contributed by atoms with E-state index in [4.69, 9.17) is 9.05 Å². The summed E-state index contributed by atoms with van der Waals surface area (Å²) in [5.41, 5.74) is 0. The molecule has 1 amide bonds. The second-order valence-electron chi connectivity index (χ2n) is 13.9. The van der Waals surface area contributed by atoms with E-state index in [1.165, 1.54) is 103 Å². The van der Waals surface area contributed by atoms with E-state index in [0.29, 0.717) is 23.9 Å². The Bertz CT molecular complexity index is 703. The summed E-state index contributed by atoms with van der Waals surface area (Å²) in [6.45, 7) is 4.68. The van der Waals surface area contributed by atoms with E-state index in [2.05, 4.69) is 19.2 Å². The number of likely N-dealkylation sites (N-methyl/N-ethyl adjacent to an activating group) is 1. The van der Waals surface area contributed by atoms with Crippen molar-refractivity contribution in [2.75, 3.05) is 40.9 Å². The lowest BCUT2D eigenvalue weighted by Gasteiger charge is -2.30. The normalized spacial score (nSPS) is 14.8. The Labute approximate surface area is 272 Å². The van der Waals surface area contributed by atoms with Crippen molar-refractivity contribution >= 4 is 13.7 Å². The summed E-state index contributed by atoms with van der Waals surface area (Å²) in [6, 6.07) is -0.789. The highest BCUT2D eigenvalue weighted by atomic mass is 31.2. The van der Waals surface area contributed by atoms with Crippen LogP contribution in [0.3, 0.4) is 0 Å². The zero-order chi connectivity index (χ0) is 32.9. The molecule has 0 saturated carbocycles. The molecule has 0 fully saturated rings. The standard InChI is InChI=1S/C35H73N2O6P/c1-6-8-10-12-14-16-18-19-20-22-24-26-28-34(38)33(32-43-44(40,41)42-31-30-37(3,4)5)36-35(39)29-27-25-23-21-17-15-13-11-9-7-2/h33-34,38H,6-32H2,1-5H3,(H-,36,39,40,41). The van der Waals surface area contributed by atoms with Gasteiger partial charge in [-0.1, -0.05) is 149 Å². The average molecular weight is 649 g/mol. The van der Waals surface area contributed by atoms with Crippen LogP contribution in [0.4, 0.5) is 0 Å². The average Bonchev–Trinajstić information content (AvgIpc) is 2.95. The molecule has 0 saturated heterocycles. The van der Waals surface area contributed by atoms with Gasteiger partial charge in [0, 0.05) is 6.42 Å². The van der Waals surface area contributed by atoms with Gasteiger partial charge in [0.1, 0.15) is 13.2 Å². The quantitative estimate of drug-likeness (QED) is 0.0420. The third-order valence-corrected chi connectivity index (χ3v) is 9.31. The van der Waals surface area contributed by atoms with Gasteiger partial charge in [-0.15, -0.1) is 0 Å². The molecular weight excluding hydrogens is 575 g/mol. The van der Waals surface area contributed by atoms with Crippen molar-refractivity contribution in [1.29, 1.82) is 0 Å². The minimum atomic E-state index is -4.54. The zero-order valence-electron chi connectivity index (χ0n) is 29.6. The highest BCUT2D eigenvalue weighted by molar-refractivity contribution is 7.45. The van der Waals surface area contributed by atoms with E-state index in [1.807, 2.05) is 21.1 Å². The molecule has 0 aromatic rings. The summed E-state index contributed by atoms with van der Waals surface area (Å²) in [4.78, 5) is 25.1. The van der Waals surface area contributed by atoms with E-state index in [1.54, 1.807) is 0 Å². The van der Waals surface area contributed by atoms with E-state index < -0.39 is 20.0 Å². The molecule has 3 unspecified atom stereocenters. The van der Waals surface area contributed by atoms with Crippen LogP contribution >= 0.6 is 7.82 Å². The Morgan fingerprint density at radius 1 is 0.705 bits per heavy atom. The third-order valence-electron chi connectivity index (χ3n) is 8.35. The first-order valence-electron chi connectivity index (χ1n) is 18.4. The minimum Gasteiger partial charge on any atom is -0.756 e. The van der Waals surface area contributed by atoms with Gasteiger partial charge >= 0.3 is 0 Å². The first-order valence-corrected chi connectivity index (χ1v) is 19.8. The van der Waals surface area contributed by atoms with Gasteiger partial charge in [-0.3, -0.25) is 9.36 Å². The molecule has 0 radical (unpaired) electrons. The van der Waals surface area contributed by atoms with Crippen LogP contribution in [0.5, 0.6) is 0 Å². The van der Waals surface area contributed by atoms with Crippen LogP contribution < -0.4 is 10.2 Å². The predicted octanol–water partition coefficient (Wildman–Crippen LogP) is 8.44. The van der Waals surface area contributed by atoms with Gasteiger partial charge in [0.15, 0.2) is 0 Å². The molecule has 264 valence electrons. The van der Waals surface area contributed by atoms with Crippen LogP contribution in [0.2, 0.25) is 0 Å². The molecule has 0 bridgehead atoms. The molecule has 8 nitrogen and oxygen atoms in total. The van der Waals surface area contributed by atoms with Gasteiger partial charge in [-0.2, -0.15) is 0 Å². The number of amides is 1. The Hall–Kier alpha value is -0.500. The number of rotatable bonds is 33. The third kappa shape index (κ3) is 30.2. The van der Waals surface area contributed by atoms with Crippen LogP contribution in [0.25, 0.3) is 0 Å². The van der Waals surface area contributed by atoms with Crippen LogP contribution in [0.15, 0.2) is 0 Å². The number of unbranched alkanes of at least 4 members (excludes halogenated alkanes) is 20. The van der Waals surface area contributed by atoms with Crippen molar-refractivity contribution in [2.24, 2.45) is 0 Å². The molecule has 3 atom stereocenters. The Morgan fingerprint density at radius 3 is 1.55 bits per heavy atom. The van der Waals surface area contributed by atoms with Crippen molar-refractivity contribution < 1.29 is 32.9 Å². The molecule has 0 rings (SSSR count). The van der Waals surface area contributed by atoms with Crippen molar-refractivity contribution in [1.82, 2.24) is 5.32 Å². The second-order valence-corrected chi connectivity index (χ2v) is 15.4. The van der Waals surface area contributed by atoms with Crippen molar-refractivity contribution in [3.8, 4) is 0 Å². The number of phosphoric acid groups is 1. The van der Waals surface area contributed by atoms with E-state index in [9.17, 15) is 19.4 Å². The Morgan fingerprint density at radius 2 is 1.11 bits per heavy atom. The lowest BCUT2D eigenvalue weighted by Crippen LogP contribution is -2.46. The minimum absolute atomic E-state index is 0.0153. The fourth-order valence-electron chi connectivity index (χ4n) is 5.33. The number of nitrogens with zero attached hydrogens (tertiary/aromatic N) is 1. The summed E-state index contributed by atoms with van der Waals surface area (Å²) in [7, 11) is 1.31. The number of aliphatic hydroxyl groups excluding tert-OH is 1. The fourth-order valence-corrected chi connectivity index (χ4v) is 6.05. The highest BCUT2D eigenvalue weighted by Gasteiger charge is 2.24. The van der Waals surface area contributed by atoms with Gasteiger partial charge in [0.25, 0.3) is 7.82 Å². The summed E-state index contributed by atoms with van der Waals surface area (Å²) >= 11 is 0. The number of carbonyl (C=O) groups is 1. The summed E-state index contributed by atoms with van der Waals surface area (Å²) in [5, 5.41) is 13.8. The molecule has 0 aromatic carbocycles. The van der Waals surface area contributed by atoms with E-state index in [0.717, 1.165) is 38.5 Å². The largest absolute Gasteiger partial charge is 0.756 e. The number of hydrogen-bond donors (Lipinski definition) is 2. The first-order chi connectivity index (χ1) is 21.0. The topological polar surface area (TPSA) is 108 Å². The molecule has 2 N–H and O–H groups in total. The number of aliphatic hydroxyl groups is 1. The highest BCUT2D eigenvalue weighted by Crippen LogP contribution is 2.38.